The Morgan fingerprint density at radius 2 is 1.71 bits per heavy atom. The van der Waals surface area contributed by atoms with Crippen LogP contribution in [0, 0.1) is 0 Å². The lowest BCUT2D eigenvalue weighted by atomic mass is 10.0. The number of hydrogen-bond acceptors (Lipinski definition) is 3. The highest BCUT2D eigenvalue weighted by atomic mass is 35.5. The molecule has 1 heterocycles. The van der Waals surface area contributed by atoms with Gasteiger partial charge in [-0.25, -0.2) is 0 Å². The van der Waals surface area contributed by atoms with E-state index in [-0.39, 0.29) is 5.54 Å². The standard InChI is InChI=1S/C21H21ClF3N3/c1-20(2,28-12-14-3-5-15(6-4-14)21(23,24)25)13-27-18-9-10-26-19-11-16(22)7-8-17(18)19/h3-11,28H,12-13H2,1-2H3,(H,26,27). The second-order valence-corrected chi connectivity index (χ2v) is 7.74. The van der Waals surface area contributed by atoms with Crippen LogP contribution in [0.25, 0.3) is 10.9 Å². The zero-order valence-corrected chi connectivity index (χ0v) is 16.3. The first-order chi connectivity index (χ1) is 13.1. The molecule has 28 heavy (non-hydrogen) atoms. The van der Waals surface area contributed by atoms with Gasteiger partial charge in [0.25, 0.3) is 0 Å². The number of pyridine rings is 1. The average molecular weight is 408 g/mol. The molecule has 3 aromatic rings. The third-order valence-corrected chi connectivity index (χ3v) is 4.71. The average Bonchev–Trinajstić information content (AvgIpc) is 2.64. The first kappa shape index (κ1) is 20.4. The smallest absolute Gasteiger partial charge is 0.383 e. The largest absolute Gasteiger partial charge is 0.416 e. The summed E-state index contributed by atoms with van der Waals surface area (Å²) in [5.41, 5.74) is 1.64. The SMILES string of the molecule is CC(C)(CNc1ccnc2cc(Cl)ccc12)NCc1ccc(C(F)(F)F)cc1. The summed E-state index contributed by atoms with van der Waals surface area (Å²) in [6.45, 7) is 5.16. The van der Waals surface area contributed by atoms with Gasteiger partial charge in [0.15, 0.2) is 0 Å². The maximum Gasteiger partial charge on any atom is 0.416 e. The lowest BCUT2D eigenvalue weighted by Crippen LogP contribution is -2.44. The molecule has 0 saturated heterocycles. The molecule has 0 aliphatic carbocycles. The lowest BCUT2D eigenvalue weighted by Gasteiger charge is -2.28. The summed E-state index contributed by atoms with van der Waals surface area (Å²) < 4.78 is 38.0. The van der Waals surface area contributed by atoms with Gasteiger partial charge in [-0.15, -0.1) is 0 Å². The Kier molecular flexibility index (Phi) is 5.82. The molecule has 7 heteroatoms. The summed E-state index contributed by atoms with van der Waals surface area (Å²) in [6.07, 6.45) is -2.59. The van der Waals surface area contributed by atoms with Crippen LogP contribution in [0.5, 0.6) is 0 Å². The van der Waals surface area contributed by atoms with Crippen molar-refractivity contribution < 1.29 is 13.2 Å². The van der Waals surface area contributed by atoms with E-state index in [2.05, 4.69) is 15.6 Å². The lowest BCUT2D eigenvalue weighted by molar-refractivity contribution is -0.137. The second-order valence-electron chi connectivity index (χ2n) is 7.31. The first-order valence-electron chi connectivity index (χ1n) is 8.83. The zero-order chi connectivity index (χ0) is 20.4. The van der Waals surface area contributed by atoms with Crippen molar-refractivity contribution in [2.45, 2.75) is 32.1 Å². The molecule has 0 aliphatic rings. The zero-order valence-electron chi connectivity index (χ0n) is 15.6. The summed E-state index contributed by atoms with van der Waals surface area (Å²) in [4.78, 5) is 4.33. The number of hydrogen-bond donors (Lipinski definition) is 2. The van der Waals surface area contributed by atoms with Crippen LogP contribution in [-0.4, -0.2) is 17.1 Å². The number of fused-ring (bicyclic) bond motifs is 1. The molecule has 0 bridgehead atoms. The van der Waals surface area contributed by atoms with E-state index in [0.717, 1.165) is 34.3 Å². The quantitative estimate of drug-likeness (QED) is 0.535. The van der Waals surface area contributed by atoms with Gasteiger partial charge >= 0.3 is 6.18 Å². The van der Waals surface area contributed by atoms with Gasteiger partial charge in [0.1, 0.15) is 0 Å². The Balaban J connectivity index is 1.61. The Hall–Kier alpha value is -2.31. The van der Waals surface area contributed by atoms with Crippen LogP contribution in [0.1, 0.15) is 25.0 Å². The summed E-state index contributed by atoms with van der Waals surface area (Å²) in [7, 11) is 0. The Morgan fingerprint density at radius 3 is 2.39 bits per heavy atom. The number of nitrogens with zero attached hydrogens (tertiary/aromatic N) is 1. The van der Waals surface area contributed by atoms with E-state index in [4.69, 9.17) is 11.6 Å². The number of anilines is 1. The van der Waals surface area contributed by atoms with Gasteiger partial charge < -0.3 is 10.6 Å². The molecule has 3 rings (SSSR count). The van der Waals surface area contributed by atoms with E-state index >= 15 is 0 Å². The fraction of sp³-hybridized carbons (Fsp3) is 0.286. The van der Waals surface area contributed by atoms with Crippen molar-refractivity contribution in [3.63, 3.8) is 0 Å². The van der Waals surface area contributed by atoms with Crippen molar-refractivity contribution in [2.75, 3.05) is 11.9 Å². The van der Waals surface area contributed by atoms with Gasteiger partial charge in [-0.3, -0.25) is 4.98 Å². The fourth-order valence-electron chi connectivity index (χ4n) is 2.81. The second kappa shape index (κ2) is 7.97. The molecular formula is C21H21ClF3N3. The van der Waals surface area contributed by atoms with Crippen molar-refractivity contribution in [1.82, 2.24) is 10.3 Å². The molecule has 0 amide bonds. The minimum Gasteiger partial charge on any atom is -0.383 e. The Labute approximate surface area is 166 Å². The Morgan fingerprint density at radius 1 is 1.00 bits per heavy atom. The minimum atomic E-state index is -4.31. The number of benzene rings is 2. The summed E-state index contributed by atoms with van der Waals surface area (Å²) in [5, 5.41) is 8.41. The topological polar surface area (TPSA) is 37.0 Å². The van der Waals surface area contributed by atoms with E-state index in [9.17, 15) is 13.2 Å². The van der Waals surface area contributed by atoms with Gasteiger partial charge in [0.2, 0.25) is 0 Å². The van der Waals surface area contributed by atoms with Crippen LogP contribution in [0.2, 0.25) is 5.02 Å². The highest BCUT2D eigenvalue weighted by Gasteiger charge is 2.30. The molecule has 0 saturated carbocycles. The molecule has 2 N–H and O–H groups in total. The van der Waals surface area contributed by atoms with Gasteiger partial charge in [-0.1, -0.05) is 23.7 Å². The number of alkyl halides is 3. The molecule has 148 valence electrons. The van der Waals surface area contributed by atoms with E-state index in [1.54, 1.807) is 6.20 Å². The number of nitrogens with one attached hydrogen (secondary N) is 2. The number of rotatable bonds is 6. The van der Waals surface area contributed by atoms with E-state index in [1.807, 2.05) is 38.1 Å². The fourth-order valence-corrected chi connectivity index (χ4v) is 2.97. The molecule has 3 nitrogen and oxygen atoms in total. The molecule has 2 aromatic carbocycles. The normalized spacial score (nSPS) is 12.4. The van der Waals surface area contributed by atoms with E-state index in [1.165, 1.54) is 12.1 Å². The molecule has 0 radical (unpaired) electrons. The summed E-state index contributed by atoms with van der Waals surface area (Å²) in [6, 6.07) is 12.7. The summed E-state index contributed by atoms with van der Waals surface area (Å²) in [5.74, 6) is 0. The van der Waals surface area contributed by atoms with Crippen molar-refractivity contribution in [1.29, 1.82) is 0 Å². The summed E-state index contributed by atoms with van der Waals surface area (Å²) >= 11 is 6.02. The van der Waals surface area contributed by atoms with Crippen molar-refractivity contribution >= 4 is 28.2 Å². The highest BCUT2D eigenvalue weighted by Crippen LogP contribution is 2.29. The van der Waals surface area contributed by atoms with Crippen LogP contribution in [0.4, 0.5) is 18.9 Å². The van der Waals surface area contributed by atoms with Gasteiger partial charge in [0, 0.05) is 40.9 Å². The molecule has 0 fully saturated rings. The number of halogens is 4. The van der Waals surface area contributed by atoms with Crippen LogP contribution >= 0.6 is 11.6 Å². The van der Waals surface area contributed by atoms with Crippen molar-refractivity contribution in [3.8, 4) is 0 Å². The molecule has 0 aliphatic heterocycles. The van der Waals surface area contributed by atoms with Gasteiger partial charge in [0.05, 0.1) is 11.1 Å². The molecule has 0 unspecified atom stereocenters. The third kappa shape index (κ3) is 5.14. The molecular weight excluding hydrogens is 387 g/mol. The maximum atomic E-state index is 12.7. The van der Waals surface area contributed by atoms with Crippen LogP contribution in [0.3, 0.4) is 0 Å². The van der Waals surface area contributed by atoms with Crippen LogP contribution in [0.15, 0.2) is 54.7 Å². The molecule has 0 spiro atoms. The first-order valence-corrected chi connectivity index (χ1v) is 9.21. The maximum absolute atomic E-state index is 12.7. The third-order valence-electron chi connectivity index (χ3n) is 4.48. The predicted octanol–water partition coefficient (Wildman–Crippen LogP) is 5.89. The minimum absolute atomic E-state index is 0.287. The monoisotopic (exact) mass is 407 g/mol. The molecule has 0 atom stereocenters. The van der Waals surface area contributed by atoms with Crippen LogP contribution < -0.4 is 10.6 Å². The van der Waals surface area contributed by atoms with E-state index < -0.39 is 11.7 Å². The van der Waals surface area contributed by atoms with Gasteiger partial charge in [-0.2, -0.15) is 13.2 Å². The van der Waals surface area contributed by atoms with Gasteiger partial charge in [-0.05, 0) is 55.8 Å². The molecule has 1 aromatic heterocycles. The van der Waals surface area contributed by atoms with Crippen molar-refractivity contribution in [3.05, 3.63) is 70.9 Å². The van der Waals surface area contributed by atoms with Crippen LogP contribution in [-0.2, 0) is 12.7 Å². The van der Waals surface area contributed by atoms with E-state index in [0.29, 0.717) is 18.1 Å². The number of aromatic nitrogens is 1. The predicted molar refractivity (Wildman–Crippen MR) is 108 cm³/mol. The Bertz CT molecular complexity index is 953. The van der Waals surface area contributed by atoms with Crippen molar-refractivity contribution in [2.24, 2.45) is 0 Å². The highest BCUT2D eigenvalue weighted by molar-refractivity contribution is 6.31.